The standard InChI is InChI=1S/C24H31N3O3/c1-30-23(28)16-7-9-20(10-8-16)25-24(29)27-12-4-5-17-13-18-14-19(22(17)27)15-26-11-3-2-6-21(18)26/h7-10,13,18-19,21-22H,2-6,11-12,14-15H2,1H3,(H,25,29)/t18-,19-,21+,22-/m0/s1. The molecule has 4 atom stereocenters. The number of ether oxygens (including phenoxy) is 1. The summed E-state index contributed by atoms with van der Waals surface area (Å²) in [6, 6.07) is 7.82. The maximum absolute atomic E-state index is 13.2. The summed E-state index contributed by atoms with van der Waals surface area (Å²) in [5.41, 5.74) is 2.68. The number of carbonyl (C=O) groups excluding carboxylic acids is 2. The second-order valence-corrected chi connectivity index (χ2v) is 9.20. The number of esters is 1. The van der Waals surface area contributed by atoms with Crippen molar-refractivity contribution >= 4 is 17.7 Å². The zero-order chi connectivity index (χ0) is 20.7. The maximum atomic E-state index is 13.2. The first kappa shape index (κ1) is 19.6. The molecular weight excluding hydrogens is 378 g/mol. The Kier molecular flexibility index (Phi) is 5.27. The molecule has 30 heavy (non-hydrogen) atoms. The molecule has 1 N–H and O–H groups in total. The highest BCUT2D eigenvalue weighted by molar-refractivity contribution is 5.92. The molecule has 3 saturated heterocycles. The van der Waals surface area contributed by atoms with E-state index in [4.69, 9.17) is 4.74 Å². The van der Waals surface area contributed by atoms with Crippen molar-refractivity contribution in [1.82, 2.24) is 9.80 Å². The van der Waals surface area contributed by atoms with Crippen LogP contribution in [0.5, 0.6) is 0 Å². The normalized spacial score (nSPS) is 30.6. The van der Waals surface area contributed by atoms with Crippen molar-refractivity contribution in [2.24, 2.45) is 11.8 Å². The van der Waals surface area contributed by atoms with Crippen LogP contribution in [0.4, 0.5) is 10.5 Å². The van der Waals surface area contributed by atoms with Crippen LogP contribution in [0.1, 0.15) is 48.9 Å². The predicted molar refractivity (Wildman–Crippen MR) is 115 cm³/mol. The van der Waals surface area contributed by atoms with Gasteiger partial charge >= 0.3 is 12.0 Å². The zero-order valence-corrected chi connectivity index (χ0v) is 17.7. The van der Waals surface area contributed by atoms with E-state index in [2.05, 4.69) is 21.2 Å². The highest BCUT2D eigenvalue weighted by atomic mass is 16.5. The highest BCUT2D eigenvalue weighted by Gasteiger charge is 2.46. The molecule has 1 aromatic carbocycles. The Labute approximate surface area is 178 Å². The van der Waals surface area contributed by atoms with Crippen molar-refractivity contribution in [3.05, 3.63) is 41.5 Å². The van der Waals surface area contributed by atoms with E-state index in [0.29, 0.717) is 23.1 Å². The van der Waals surface area contributed by atoms with Crippen LogP contribution in [-0.4, -0.2) is 60.6 Å². The molecule has 3 fully saturated rings. The van der Waals surface area contributed by atoms with Gasteiger partial charge in [0.15, 0.2) is 0 Å². The lowest BCUT2D eigenvalue weighted by Gasteiger charge is -2.54. The van der Waals surface area contributed by atoms with Crippen molar-refractivity contribution < 1.29 is 14.3 Å². The Hall–Kier alpha value is -2.34. The van der Waals surface area contributed by atoms with E-state index < -0.39 is 0 Å². The molecule has 6 heteroatoms. The molecule has 2 bridgehead atoms. The van der Waals surface area contributed by atoms with Crippen molar-refractivity contribution in [3.63, 3.8) is 0 Å². The maximum Gasteiger partial charge on any atom is 0.337 e. The SMILES string of the molecule is COC(=O)c1ccc(NC(=O)N2CCCC3=C[C@H]4C[C@@H](CN5CCCC[C@H]45)[C@H]32)cc1. The molecular formula is C24H31N3O3. The van der Waals surface area contributed by atoms with Crippen molar-refractivity contribution in [1.29, 1.82) is 0 Å². The lowest BCUT2D eigenvalue weighted by atomic mass is 9.68. The Morgan fingerprint density at radius 2 is 1.93 bits per heavy atom. The second-order valence-electron chi connectivity index (χ2n) is 9.20. The van der Waals surface area contributed by atoms with Gasteiger partial charge < -0.3 is 15.0 Å². The smallest absolute Gasteiger partial charge is 0.337 e. The van der Waals surface area contributed by atoms with E-state index in [9.17, 15) is 9.59 Å². The van der Waals surface area contributed by atoms with Gasteiger partial charge in [0, 0.05) is 24.8 Å². The van der Waals surface area contributed by atoms with E-state index in [-0.39, 0.29) is 18.0 Å². The number of nitrogens with zero attached hydrogens (tertiary/aromatic N) is 2. The number of carbonyl (C=O) groups is 2. The molecule has 5 rings (SSSR count). The van der Waals surface area contributed by atoms with Crippen LogP contribution < -0.4 is 5.32 Å². The minimum Gasteiger partial charge on any atom is -0.465 e. The molecule has 3 aliphatic heterocycles. The molecule has 4 aliphatic rings. The first-order valence-electron chi connectivity index (χ1n) is 11.3. The molecule has 1 aromatic rings. The van der Waals surface area contributed by atoms with E-state index in [1.54, 1.807) is 24.3 Å². The van der Waals surface area contributed by atoms with Crippen LogP contribution >= 0.6 is 0 Å². The van der Waals surface area contributed by atoms with Gasteiger partial charge in [0.2, 0.25) is 0 Å². The Morgan fingerprint density at radius 3 is 2.73 bits per heavy atom. The van der Waals surface area contributed by atoms with Gasteiger partial charge in [0.05, 0.1) is 18.7 Å². The summed E-state index contributed by atoms with van der Waals surface area (Å²) in [7, 11) is 1.37. The largest absolute Gasteiger partial charge is 0.465 e. The van der Waals surface area contributed by atoms with E-state index in [1.807, 2.05) is 0 Å². The minimum atomic E-state index is -0.372. The van der Waals surface area contributed by atoms with Crippen LogP contribution in [0.25, 0.3) is 0 Å². The number of fused-ring (bicyclic) bond motifs is 6. The first-order valence-corrected chi connectivity index (χ1v) is 11.3. The van der Waals surface area contributed by atoms with E-state index in [0.717, 1.165) is 32.0 Å². The molecule has 0 saturated carbocycles. The lowest BCUT2D eigenvalue weighted by molar-refractivity contribution is 0.00908. The van der Waals surface area contributed by atoms with Gasteiger partial charge in [-0.25, -0.2) is 9.59 Å². The van der Waals surface area contributed by atoms with Crippen LogP contribution in [0.15, 0.2) is 35.9 Å². The number of anilines is 1. The summed E-state index contributed by atoms with van der Waals surface area (Å²) >= 11 is 0. The average Bonchev–Trinajstić information content (AvgIpc) is 2.78. The molecule has 3 heterocycles. The summed E-state index contributed by atoms with van der Waals surface area (Å²) in [6.45, 7) is 3.14. The molecule has 0 radical (unpaired) electrons. The molecule has 2 amide bonds. The topological polar surface area (TPSA) is 61.9 Å². The fraction of sp³-hybridized carbons (Fsp3) is 0.583. The van der Waals surface area contributed by atoms with Gasteiger partial charge in [0.1, 0.15) is 0 Å². The highest BCUT2D eigenvalue weighted by Crippen LogP contribution is 2.45. The predicted octanol–water partition coefficient (Wildman–Crippen LogP) is 3.90. The Bertz CT molecular complexity index is 850. The number of methoxy groups -OCH3 is 1. The molecule has 160 valence electrons. The number of hydrogen-bond donors (Lipinski definition) is 1. The van der Waals surface area contributed by atoms with Crippen LogP contribution in [0.3, 0.4) is 0 Å². The van der Waals surface area contributed by atoms with Gasteiger partial charge in [-0.05, 0) is 74.8 Å². The number of hydrogen-bond acceptors (Lipinski definition) is 4. The third-order valence-corrected chi connectivity index (χ3v) is 7.48. The fourth-order valence-electron chi connectivity index (χ4n) is 6.20. The van der Waals surface area contributed by atoms with Gasteiger partial charge in [0.25, 0.3) is 0 Å². The number of nitrogens with one attached hydrogen (secondary N) is 1. The van der Waals surface area contributed by atoms with E-state index in [1.165, 1.54) is 44.9 Å². The summed E-state index contributed by atoms with van der Waals surface area (Å²) in [6.07, 6.45) is 9.91. The molecule has 0 spiro atoms. The number of rotatable bonds is 2. The van der Waals surface area contributed by atoms with Crippen molar-refractivity contribution in [2.75, 3.05) is 32.1 Å². The van der Waals surface area contributed by atoms with Gasteiger partial charge in [-0.3, -0.25) is 4.90 Å². The van der Waals surface area contributed by atoms with Crippen LogP contribution in [-0.2, 0) is 4.74 Å². The molecule has 0 unspecified atom stereocenters. The molecule has 1 aliphatic carbocycles. The Balaban J connectivity index is 1.33. The lowest BCUT2D eigenvalue weighted by Crippen LogP contribution is -2.60. The minimum absolute atomic E-state index is 0.0318. The number of urea groups is 1. The number of amides is 2. The third kappa shape index (κ3) is 3.51. The molecule has 6 nitrogen and oxygen atoms in total. The average molecular weight is 410 g/mol. The number of benzene rings is 1. The van der Waals surface area contributed by atoms with Crippen molar-refractivity contribution in [3.8, 4) is 0 Å². The number of likely N-dealkylation sites (tertiary alicyclic amines) is 1. The van der Waals surface area contributed by atoms with E-state index >= 15 is 0 Å². The van der Waals surface area contributed by atoms with Crippen LogP contribution in [0, 0.1) is 11.8 Å². The summed E-state index contributed by atoms with van der Waals surface area (Å²) in [5, 5.41) is 3.05. The third-order valence-electron chi connectivity index (χ3n) is 7.48. The van der Waals surface area contributed by atoms with Gasteiger partial charge in [-0.2, -0.15) is 0 Å². The second kappa shape index (κ2) is 8.06. The van der Waals surface area contributed by atoms with Gasteiger partial charge in [-0.15, -0.1) is 0 Å². The summed E-state index contributed by atoms with van der Waals surface area (Å²) in [4.78, 5) is 29.6. The first-order chi connectivity index (χ1) is 14.6. The quantitative estimate of drug-likeness (QED) is 0.594. The molecule has 0 aromatic heterocycles. The monoisotopic (exact) mass is 409 g/mol. The summed E-state index contributed by atoms with van der Waals surface area (Å²) < 4.78 is 4.74. The van der Waals surface area contributed by atoms with Crippen LogP contribution in [0.2, 0.25) is 0 Å². The zero-order valence-electron chi connectivity index (χ0n) is 17.7. The Morgan fingerprint density at radius 1 is 1.10 bits per heavy atom. The summed E-state index contributed by atoms with van der Waals surface area (Å²) in [5.74, 6) is 0.838. The van der Waals surface area contributed by atoms with Gasteiger partial charge in [-0.1, -0.05) is 18.1 Å². The van der Waals surface area contributed by atoms with Crippen molar-refractivity contribution in [2.45, 2.75) is 50.6 Å². The fourth-order valence-corrected chi connectivity index (χ4v) is 6.20. The number of piperidine rings is 3.